The number of amides is 3. The van der Waals surface area contributed by atoms with Crippen molar-refractivity contribution in [2.75, 3.05) is 169 Å². The second-order valence-electron chi connectivity index (χ2n) is 33.6. The summed E-state index contributed by atoms with van der Waals surface area (Å²) in [6.45, 7) is 29.2. The number of carbonyl (C=O) groups excluding carboxylic acids is 3. The van der Waals surface area contributed by atoms with E-state index in [1.807, 2.05) is 144 Å². The predicted molar refractivity (Wildman–Crippen MR) is 489 cm³/mol. The van der Waals surface area contributed by atoms with E-state index in [0.29, 0.717) is 92.9 Å². The molecule has 626 valence electrons. The highest BCUT2D eigenvalue weighted by molar-refractivity contribution is 7.91. The minimum atomic E-state index is -2.85. The van der Waals surface area contributed by atoms with Gasteiger partial charge in [-0.15, -0.1) is 0 Å². The Morgan fingerprint density at radius 2 is 0.860 bits per heavy atom. The van der Waals surface area contributed by atoms with E-state index >= 15 is 0 Å². The fourth-order valence-electron chi connectivity index (χ4n) is 18.6. The van der Waals surface area contributed by atoms with E-state index in [9.17, 15) is 39.5 Å². The van der Waals surface area contributed by atoms with E-state index in [-0.39, 0.29) is 30.4 Å². The molecule has 21 nitrogen and oxygen atoms in total. The number of aliphatic hydroxyl groups is 1. The number of allylic oxidation sites excluding steroid dienone is 1. The number of nitriles is 3. The van der Waals surface area contributed by atoms with Crippen molar-refractivity contribution in [3.8, 4) is 18.2 Å². The number of rotatable bonds is 17. The number of piperazine rings is 3. The Morgan fingerprint density at radius 1 is 0.463 bits per heavy atom. The minimum absolute atomic E-state index is 0.00407. The Hall–Kier alpha value is -12.3. The molecule has 16 rings (SSSR count). The highest BCUT2D eigenvalue weighted by atomic mass is 32.2. The minimum Gasteiger partial charge on any atom is -0.394 e. The van der Waals surface area contributed by atoms with Gasteiger partial charge in [0.2, 0.25) is 0 Å². The second-order valence-corrected chi connectivity index (χ2v) is 35.7. The molecule has 7 aliphatic rings. The van der Waals surface area contributed by atoms with Gasteiger partial charge in [0.1, 0.15) is 18.2 Å². The van der Waals surface area contributed by atoms with Crippen LogP contribution in [-0.4, -0.2) is 184 Å². The summed E-state index contributed by atoms with van der Waals surface area (Å²) in [5.41, 5.74) is 23.9. The Kier molecular flexibility index (Phi) is 27.0. The molecule has 0 saturated carbocycles. The number of hydrogen-bond donors (Lipinski definition) is 5. The lowest BCUT2D eigenvalue weighted by Gasteiger charge is -2.42. The van der Waals surface area contributed by atoms with E-state index in [1.54, 1.807) is 6.07 Å². The predicted octanol–water partition coefficient (Wildman–Crippen LogP) is 15.9. The van der Waals surface area contributed by atoms with Gasteiger partial charge in [0.15, 0.2) is 0 Å². The van der Waals surface area contributed by atoms with Gasteiger partial charge in [-0.05, 0) is 222 Å². The standard InChI is InChI=1S/C35H39N5O.C32H38N6O2S.C32H37N5O2/c1-24-19-25(2)31(22-30(24)21-27-11-13-38(14-12-27)32-9-5-4-7-29(32)23-36)35(41)40-17-15-39(16-18-40)33-10-6-8-28-20-26(3)37-34(28)33;1-23-20-24(2)28(35-26-12-14-36(15-13-26)29-9-5-4-8-25(29)22-33)21-27(23)32(39)38-18-16-37(17-19-38)30-10-6-7-11-31(30)41(3,34)40;1-23-18-24(2)30(34-26-12-14-35(15-13-26)31-11-7-6-8-25(31)20-33)19-29(23)32(39)36-16-17-37(28(21-36)22-38)27-9-4-3-5-10-27/h4-10,19,22,27,37H,3,11-18,20-21H2,1-2H3;4-11,20-21,26,34-35H,12-19H2,1-3H3;3-11,18-19,26,28,34,38H,12-17,21-22H2,1-2H3. The lowest BCUT2D eigenvalue weighted by molar-refractivity contribution is 0.0696. The highest BCUT2D eigenvalue weighted by Gasteiger charge is 2.35. The Balaban J connectivity index is 0.000000148. The third-order valence-corrected chi connectivity index (χ3v) is 26.6. The molecule has 0 radical (unpaired) electrons. The van der Waals surface area contributed by atoms with Gasteiger partial charge in [0.05, 0.1) is 78.1 Å². The molecule has 2 unspecified atom stereocenters. The number of fused-ring (bicyclic) bond motifs is 1. The van der Waals surface area contributed by atoms with E-state index in [4.69, 9.17) is 4.78 Å². The monoisotopic (exact) mass is 1640 g/mol. The maximum atomic E-state index is 13.8. The van der Waals surface area contributed by atoms with Gasteiger partial charge in [-0.3, -0.25) is 14.4 Å². The first-order valence-electron chi connectivity index (χ1n) is 42.8. The second kappa shape index (κ2) is 38.4. The van der Waals surface area contributed by atoms with Crippen LogP contribution in [0.3, 0.4) is 0 Å². The molecule has 2 atom stereocenters. The van der Waals surface area contributed by atoms with E-state index in [1.165, 1.54) is 34.3 Å². The summed E-state index contributed by atoms with van der Waals surface area (Å²) in [6, 6.07) is 67.4. The van der Waals surface area contributed by atoms with Crippen molar-refractivity contribution in [1.29, 1.82) is 20.6 Å². The van der Waals surface area contributed by atoms with Crippen molar-refractivity contribution in [1.82, 2.24) is 14.7 Å². The van der Waals surface area contributed by atoms with E-state index in [2.05, 4.69) is 158 Å². The van der Waals surface area contributed by atoms with Gasteiger partial charge in [-0.2, -0.15) is 15.8 Å². The third-order valence-electron chi connectivity index (χ3n) is 25.4. The van der Waals surface area contributed by atoms with Crippen LogP contribution >= 0.6 is 0 Å². The molecule has 121 heavy (non-hydrogen) atoms. The molecule has 6 saturated heterocycles. The van der Waals surface area contributed by atoms with Crippen molar-refractivity contribution in [2.24, 2.45) is 5.92 Å². The highest BCUT2D eigenvalue weighted by Crippen LogP contribution is 2.39. The van der Waals surface area contributed by atoms with E-state index < -0.39 is 9.73 Å². The lowest BCUT2D eigenvalue weighted by Crippen LogP contribution is -2.56. The zero-order valence-electron chi connectivity index (χ0n) is 71.1. The van der Waals surface area contributed by atoms with Crippen LogP contribution in [0.4, 0.5) is 51.2 Å². The quantitative estimate of drug-likeness (QED) is 0.0568. The Labute approximate surface area is 715 Å². The number of aryl methyl sites for hydroxylation is 6. The average molecular weight is 1640 g/mol. The first-order valence-corrected chi connectivity index (χ1v) is 44.8. The molecule has 0 aromatic heterocycles. The topological polar surface area (TPSA) is 249 Å². The molecule has 0 aliphatic carbocycles. The third kappa shape index (κ3) is 19.8. The summed E-state index contributed by atoms with van der Waals surface area (Å²) in [6.07, 6.45) is 9.30. The number of hydrogen-bond acceptors (Lipinski definition) is 18. The van der Waals surface area contributed by atoms with Crippen LogP contribution < -0.4 is 45.3 Å². The summed E-state index contributed by atoms with van der Waals surface area (Å²) >= 11 is 0. The van der Waals surface area contributed by atoms with Gasteiger partial charge >= 0.3 is 0 Å². The summed E-state index contributed by atoms with van der Waals surface area (Å²) in [7, 11) is -2.85. The molecular formula is C99H114N16O5S. The van der Waals surface area contributed by atoms with Crippen LogP contribution in [0.5, 0.6) is 0 Å². The van der Waals surface area contributed by atoms with Crippen LogP contribution in [0.2, 0.25) is 0 Å². The van der Waals surface area contributed by atoms with Gasteiger partial charge in [-0.1, -0.05) is 104 Å². The fourth-order valence-corrected chi connectivity index (χ4v) is 19.6. The Morgan fingerprint density at radius 3 is 1.33 bits per heavy atom. The summed E-state index contributed by atoms with van der Waals surface area (Å²) in [4.78, 5) is 61.1. The number of para-hydroxylation sites is 6. The molecule has 3 amide bonds. The average Bonchev–Trinajstić information content (AvgIpc) is 1.77. The van der Waals surface area contributed by atoms with Gasteiger partial charge < -0.3 is 65.2 Å². The molecular weight excluding hydrogens is 1530 g/mol. The number of carbonyl (C=O) groups is 3. The maximum Gasteiger partial charge on any atom is 0.254 e. The zero-order valence-corrected chi connectivity index (χ0v) is 71.9. The zero-order chi connectivity index (χ0) is 85.0. The molecule has 22 heteroatoms. The molecule has 5 N–H and O–H groups in total. The van der Waals surface area contributed by atoms with Crippen LogP contribution in [0.15, 0.2) is 199 Å². The number of piperidine rings is 3. The molecule has 7 aliphatic heterocycles. The van der Waals surface area contributed by atoms with Crippen molar-refractivity contribution >= 4 is 78.6 Å². The largest absolute Gasteiger partial charge is 0.394 e. The van der Waals surface area contributed by atoms with Crippen molar-refractivity contribution in [3.05, 3.63) is 272 Å². The maximum absolute atomic E-state index is 13.8. The van der Waals surface area contributed by atoms with Crippen molar-refractivity contribution < 1.29 is 23.7 Å². The van der Waals surface area contributed by atoms with Crippen LogP contribution in [0, 0.1) is 86.2 Å². The summed E-state index contributed by atoms with van der Waals surface area (Å²) in [5, 5.41) is 49.5. The molecule has 0 spiro atoms. The lowest BCUT2D eigenvalue weighted by atomic mass is 9.86. The van der Waals surface area contributed by atoms with Crippen LogP contribution in [0.1, 0.15) is 131 Å². The fraction of sp³-hybridized carbons (Fsp3) is 0.374. The van der Waals surface area contributed by atoms with Crippen molar-refractivity contribution in [2.45, 2.75) is 116 Å². The van der Waals surface area contributed by atoms with Crippen molar-refractivity contribution in [3.63, 3.8) is 0 Å². The van der Waals surface area contributed by atoms with Crippen LogP contribution in [-0.2, 0) is 22.6 Å². The number of anilines is 9. The number of aliphatic hydroxyl groups excluding tert-OH is 1. The normalized spacial score (nSPS) is 17.6. The summed E-state index contributed by atoms with van der Waals surface area (Å²) < 4.78 is 20.6. The molecule has 9 aromatic rings. The first-order chi connectivity index (χ1) is 58.5. The number of benzene rings is 9. The first kappa shape index (κ1) is 85.1. The van der Waals surface area contributed by atoms with Gasteiger partial charge in [0, 0.05) is 175 Å². The molecule has 0 bridgehead atoms. The van der Waals surface area contributed by atoms with Gasteiger partial charge in [0.25, 0.3) is 17.7 Å². The number of nitrogens with zero attached hydrogens (tertiary/aromatic N) is 12. The number of nitrogens with one attached hydrogen (secondary N) is 4. The van der Waals surface area contributed by atoms with E-state index in [0.717, 1.165) is 199 Å². The van der Waals surface area contributed by atoms with Crippen LogP contribution in [0.25, 0.3) is 0 Å². The SMILES string of the molecule is C=C1Cc2cccc(N3CCN(C(=O)c4cc(CC5CCN(c6ccccc6C#N)CC5)c(C)cc4C)CC3)c2N1.Cc1cc(C)c(C(=O)N2CCN(c3ccccc3)C(CO)C2)cc1NC1CCN(c2ccccc2C#N)CC1.Cc1cc(C)c(C(=O)N2CCN(c3ccccc3S(C)(=N)=O)CC2)cc1NC1CCN(c2ccccc2C#N)CC1. The molecule has 7 heterocycles. The molecule has 9 aromatic carbocycles. The smallest absolute Gasteiger partial charge is 0.254 e. The molecule has 6 fully saturated rings. The van der Waals surface area contributed by atoms with Gasteiger partial charge in [-0.25, -0.2) is 8.99 Å². The Bertz CT molecular complexity index is 5520. The summed E-state index contributed by atoms with van der Waals surface area (Å²) in [5.74, 6) is 0.771.